The predicted octanol–water partition coefficient (Wildman–Crippen LogP) is 5.60. The van der Waals surface area contributed by atoms with Gasteiger partial charge in [0, 0.05) is 11.3 Å². The Labute approximate surface area is 208 Å². The summed E-state index contributed by atoms with van der Waals surface area (Å²) in [4.78, 5) is 7.91. The molecule has 0 amide bonds. The molecule has 1 fully saturated rings. The van der Waals surface area contributed by atoms with Crippen LogP contribution in [-0.2, 0) is 5.75 Å². The summed E-state index contributed by atoms with van der Waals surface area (Å²) in [5.41, 5.74) is 8.99. The quantitative estimate of drug-likeness (QED) is 0.347. The molecule has 0 saturated heterocycles. The molecule has 2 aromatic carbocycles. The molecule has 0 radical (unpaired) electrons. The largest absolute Gasteiger partial charge is 0.488 e. The van der Waals surface area contributed by atoms with Gasteiger partial charge in [-0.1, -0.05) is 36.8 Å². The van der Waals surface area contributed by atoms with Crippen LogP contribution in [0.2, 0.25) is 0 Å². The third-order valence-electron chi connectivity index (χ3n) is 5.99. The van der Waals surface area contributed by atoms with Gasteiger partial charge in [-0.2, -0.15) is 10.5 Å². The molecule has 8 heteroatoms. The summed E-state index contributed by atoms with van der Waals surface area (Å²) in [5.74, 6) is 1.10. The maximum atomic E-state index is 10.2. The molecule has 4 rings (SSSR count). The molecule has 0 aliphatic heterocycles. The van der Waals surface area contributed by atoms with Crippen molar-refractivity contribution in [1.82, 2.24) is 4.98 Å². The molecule has 0 unspecified atom stereocenters. The number of aliphatic hydroxyl groups excluding tert-OH is 1. The van der Waals surface area contributed by atoms with E-state index in [1.165, 1.54) is 11.8 Å². The van der Waals surface area contributed by atoms with E-state index in [1.807, 2.05) is 12.1 Å². The first kappa shape index (κ1) is 24.1. The maximum Gasteiger partial charge on any atom is 0.236 e. The number of nitriles is 2. The fraction of sp³-hybridized carbons (Fsp3) is 0.259. The second-order valence-electron chi connectivity index (χ2n) is 8.21. The number of pyridine rings is 1. The van der Waals surface area contributed by atoms with E-state index in [9.17, 15) is 15.6 Å². The molecule has 2 atom stereocenters. The number of hydrogen-bond donors (Lipinski definition) is 2. The monoisotopic (exact) mass is 481 g/mol. The van der Waals surface area contributed by atoms with Crippen molar-refractivity contribution < 1.29 is 9.84 Å². The number of nitrogens with two attached hydrogens (primary N) is 1. The number of benzene rings is 2. The van der Waals surface area contributed by atoms with Crippen LogP contribution in [0.25, 0.3) is 16.0 Å². The van der Waals surface area contributed by atoms with E-state index in [0.717, 1.165) is 31.2 Å². The van der Waals surface area contributed by atoms with Crippen LogP contribution in [0.5, 0.6) is 5.75 Å². The third kappa shape index (κ3) is 5.23. The minimum Gasteiger partial charge on any atom is -0.488 e. The number of aliphatic hydroxyl groups is 1. The molecule has 35 heavy (non-hydrogen) atoms. The number of nitrogens with zero attached hydrogens (tertiary/aromatic N) is 4. The highest BCUT2D eigenvalue weighted by atomic mass is 32.2. The van der Waals surface area contributed by atoms with Gasteiger partial charge in [0.2, 0.25) is 5.69 Å². The average molecular weight is 482 g/mol. The van der Waals surface area contributed by atoms with E-state index in [1.54, 1.807) is 36.4 Å². The number of thioether (sulfide) groups is 1. The lowest BCUT2D eigenvalue weighted by atomic mass is 9.95. The number of rotatable bonds is 6. The second-order valence-corrected chi connectivity index (χ2v) is 9.18. The molecule has 1 heterocycles. The number of hydrogen-bond acceptors (Lipinski definition) is 7. The fourth-order valence-electron chi connectivity index (χ4n) is 4.17. The Morgan fingerprint density at radius 3 is 2.54 bits per heavy atom. The molecule has 1 saturated carbocycles. The van der Waals surface area contributed by atoms with Gasteiger partial charge in [-0.15, -0.1) is 11.8 Å². The van der Waals surface area contributed by atoms with Crippen molar-refractivity contribution in [2.75, 3.05) is 5.73 Å². The van der Waals surface area contributed by atoms with E-state index >= 15 is 0 Å². The van der Waals surface area contributed by atoms with Gasteiger partial charge in [0.15, 0.2) is 0 Å². The van der Waals surface area contributed by atoms with Crippen LogP contribution in [0.15, 0.2) is 53.6 Å². The molecule has 0 bridgehead atoms. The van der Waals surface area contributed by atoms with Crippen molar-refractivity contribution in [3.8, 4) is 29.0 Å². The normalized spacial score (nSPS) is 17.1. The predicted molar refractivity (Wildman–Crippen MR) is 135 cm³/mol. The molecule has 1 aliphatic rings. The second kappa shape index (κ2) is 10.9. The molecular formula is C27H23N5O2S. The zero-order chi connectivity index (χ0) is 24.8. The molecule has 3 N–H and O–H groups in total. The van der Waals surface area contributed by atoms with Crippen LogP contribution in [0.3, 0.4) is 0 Å². The molecule has 1 aliphatic carbocycles. The summed E-state index contributed by atoms with van der Waals surface area (Å²) in [7, 11) is 0. The van der Waals surface area contributed by atoms with Crippen molar-refractivity contribution in [2.45, 2.75) is 48.7 Å². The summed E-state index contributed by atoms with van der Waals surface area (Å²) in [5, 5.41) is 30.0. The van der Waals surface area contributed by atoms with Gasteiger partial charge < -0.3 is 15.6 Å². The van der Waals surface area contributed by atoms with E-state index in [0.29, 0.717) is 33.2 Å². The topological polar surface area (TPSA) is 120 Å². The highest BCUT2D eigenvalue weighted by molar-refractivity contribution is 7.98. The van der Waals surface area contributed by atoms with Crippen LogP contribution in [0.1, 0.15) is 42.4 Å². The van der Waals surface area contributed by atoms with Crippen LogP contribution in [0.4, 0.5) is 11.5 Å². The van der Waals surface area contributed by atoms with Crippen molar-refractivity contribution >= 4 is 23.3 Å². The number of nitrogen functional groups attached to an aromatic ring is 1. The van der Waals surface area contributed by atoms with E-state index < -0.39 is 6.10 Å². The number of aromatic nitrogens is 1. The molecule has 1 aromatic heterocycles. The summed E-state index contributed by atoms with van der Waals surface area (Å²) < 4.78 is 5.99. The SMILES string of the molecule is [C-]#[N+]c1c(N)nc(SCc2ccccc2C#N)c(C#N)c1-c1ccc(O[C@H]2CCCC[C@@H]2O)cc1. The minimum atomic E-state index is -0.479. The van der Waals surface area contributed by atoms with Crippen LogP contribution in [0, 0.1) is 29.2 Å². The lowest BCUT2D eigenvalue weighted by Crippen LogP contribution is -2.34. The van der Waals surface area contributed by atoms with Crippen molar-refractivity contribution in [3.05, 3.63) is 76.6 Å². The van der Waals surface area contributed by atoms with Gasteiger partial charge in [-0.3, -0.25) is 0 Å². The van der Waals surface area contributed by atoms with Gasteiger partial charge >= 0.3 is 0 Å². The van der Waals surface area contributed by atoms with Gasteiger partial charge in [0.1, 0.15) is 28.8 Å². The Hall–Kier alpha value is -4.03. The summed E-state index contributed by atoms with van der Waals surface area (Å²) in [6.07, 6.45) is 2.85. The standard InChI is InChI=1S/C27H23N5O2S/c1-31-25-24(17-10-12-20(13-11-17)34-23-9-5-4-8-22(23)33)21(15-29)27(32-26(25)30)35-16-19-7-3-2-6-18(19)14-28/h2-3,6-7,10-13,22-23,33H,4-5,8-9,16H2,(H2,30,32)/t22-,23-/m0/s1. The summed E-state index contributed by atoms with van der Waals surface area (Å²) in [6.45, 7) is 7.64. The Morgan fingerprint density at radius 2 is 1.86 bits per heavy atom. The van der Waals surface area contributed by atoms with Gasteiger partial charge in [0.05, 0.1) is 29.9 Å². The van der Waals surface area contributed by atoms with Crippen molar-refractivity contribution in [3.63, 3.8) is 0 Å². The summed E-state index contributed by atoms with van der Waals surface area (Å²) in [6, 6.07) is 18.8. The van der Waals surface area contributed by atoms with Crippen LogP contribution < -0.4 is 10.5 Å². The van der Waals surface area contributed by atoms with Crippen molar-refractivity contribution in [2.24, 2.45) is 0 Å². The zero-order valence-corrected chi connectivity index (χ0v) is 19.8. The maximum absolute atomic E-state index is 10.2. The van der Waals surface area contributed by atoms with Crippen LogP contribution >= 0.6 is 11.8 Å². The molecule has 3 aromatic rings. The molecule has 7 nitrogen and oxygen atoms in total. The molecule has 0 spiro atoms. The van der Waals surface area contributed by atoms with Crippen LogP contribution in [-0.4, -0.2) is 22.3 Å². The fourth-order valence-corrected chi connectivity index (χ4v) is 5.16. The first-order valence-electron chi connectivity index (χ1n) is 11.2. The van der Waals surface area contributed by atoms with Crippen molar-refractivity contribution in [1.29, 1.82) is 10.5 Å². The van der Waals surface area contributed by atoms with Gasteiger partial charge in [-0.25, -0.2) is 9.83 Å². The first-order valence-corrected chi connectivity index (χ1v) is 12.2. The Kier molecular flexibility index (Phi) is 7.53. The van der Waals surface area contributed by atoms with E-state index in [2.05, 4.69) is 22.0 Å². The Bertz CT molecular complexity index is 1350. The van der Waals surface area contributed by atoms with E-state index in [-0.39, 0.29) is 23.2 Å². The highest BCUT2D eigenvalue weighted by Crippen LogP contribution is 2.42. The number of anilines is 1. The lowest BCUT2D eigenvalue weighted by Gasteiger charge is -2.28. The Morgan fingerprint density at radius 1 is 1.11 bits per heavy atom. The Balaban J connectivity index is 1.66. The first-order chi connectivity index (χ1) is 17.0. The van der Waals surface area contributed by atoms with Gasteiger partial charge in [0.25, 0.3) is 0 Å². The third-order valence-corrected chi connectivity index (χ3v) is 7.01. The zero-order valence-electron chi connectivity index (χ0n) is 18.9. The molecular weight excluding hydrogens is 458 g/mol. The highest BCUT2D eigenvalue weighted by Gasteiger charge is 2.25. The average Bonchev–Trinajstić information content (AvgIpc) is 2.89. The molecule has 174 valence electrons. The number of ether oxygens (including phenoxy) is 1. The minimum absolute atomic E-state index is 0.0516. The summed E-state index contributed by atoms with van der Waals surface area (Å²) >= 11 is 1.30. The lowest BCUT2D eigenvalue weighted by molar-refractivity contribution is 0.00688. The van der Waals surface area contributed by atoms with E-state index in [4.69, 9.17) is 17.0 Å². The smallest absolute Gasteiger partial charge is 0.236 e. The van der Waals surface area contributed by atoms with Gasteiger partial charge in [-0.05, 0) is 48.6 Å².